The van der Waals surface area contributed by atoms with Gasteiger partial charge in [-0.25, -0.2) is 17.6 Å². The molecule has 0 amide bonds. The summed E-state index contributed by atoms with van der Waals surface area (Å²) in [6.45, 7) is 2.21. The van der Waals surface area contributed by atoms with Crippen molar-refractivity contribution >= 4 is 26.8 Å². The van der Waals surface area contributed by atoms with E-state index in [1.807, 2.05) is 0 Å². The number of hydrogen-bond donors (Lipinski definition) is 1. The van der Waals surface area contributed by atoms with Crippen LogP contribution in [0.1, 0.15) is 6.92 Å². The molecule has 1 heterocycles. The smallest absolute Gasteiger partial charge is 0.408 e. The van der Waals surface area contributed by atoms with Crippen LogP contribution in [0.5, 0.6) is 0 Å². The fraction of sp³-hybridized carbons (Fsp3) is 0.133. The Kier molecular flexibility index (Phi) is 3.69. The van der Waals surface area contributed by atoms with E-state index in [9.17, 15) is 17.6 Å². The number of sulfonamides is 1. The fourth-order valence-corrected chi connectivity index (χ4v) is 3.32. The highest BCUT2D eigenvalue weighted by Gasteiger charge is 2.17. The molecule has 0 bridgehead atoms. The van der Waals surface area contributed by atoms with Crippen molar-refractivity contribution in [3.05, 3.63) is 58.8 Å². The lowest BCUT2D eigenvalue weighted by atomic mass is 10.3. The van der Waals surface area contributed by atoms with E-state index < -0.39 is 21.6 Å². The van der Waals surface area contributed by atoms with E-state index in [4.69, 9.17) is 4.42 Å². The molecule has 0 unspecified atom stereocenters. The van der Waals surface area contributed by atoms with E-state index >= 15 is 0 Å². The zero-order valence-corrected chi connectivity index (χ0v) is 12.9. The Balaban J connectivity index is 2.01. The van der Waals surface area contributed by atoms with Crippen molar-refractivity contribution in [2.45, 2.75) is 18.4 Å². The fourth-order valence-electron chi connectivity index (χ4n) is 2.25. The molecule has 6 nitrogen and oxygen atoms in total. The first-order valence-electron chi connectivity index (χ1n) is 6.82. The maximum Gasteiger partial charge on any atom is 0.419 e. The Bertz CT molecular complexity index is 1020. The highest BCUT2D eigenvalue weighted by Crippen LogP contribution is 2.21. The number of nitrogens with one attached hydrogen (secondary N) is 1. The summed E-state index contributed by atoms with van der Waals surface area (Å²) in [5.41, 5.74) is 0.955. The molecule has 3 aromatic rings. The van der Waals surface area contributed by atoms with Crippen molar-refractivity contribution in [1.82, 2.24) is 4.57 Å². The van der Waals surface area contributed by atoms with Crippen LogP contribution in [0, 0.1) is 5.82 Å². The number of rotatable bonds is 4. The van der Waals surface area contributed by atoms with Crippen molar-refractivity contribution in [2.24, 2.45) is 0 Å². The van der Waals surface area contributed by atoms with Gasteiger partial charge in [-0.05, 0) is 43.3 Å². The van der Waals surface area contributed by atoms with Gasteiger partial charge in [0.2, 0.25) is 0 Å². The number of fused-ring (bicyclic) bond motifs is 1. The molecule has 120 valence electrons. The quantitative estimate of drug-likeness (QED) is 0.794. The van der Waals surface area contributed by atoms with E-state index in [0.717, 1.165) is 12.1 Å². The average molecular weight is 336 g/mol. The maximum atomic E-state index is 12.9. The first-order chi connectivity index (χ1) is 10.9. The number of oxazole rings is 1. The maximum absolute atomic E-state index is 12.9. The molecule has 0 radical (unpaired) electrons. The molecule has 3 rings (SSSR count). The van der Waals surface area contributed by atoms with Gasteiger partial charge in [0.25, 0.3) is 10.0 Å². The lowest BCUT2D eigenvalue weighted by molar-refractivity contribution is 0.512. The summed E-state index contributed by atoms with van der Waals surface area (Å²) >= 11 is 0. The average Bonchev–Trinajstić information content (AvgIpc) is 2.83. The predicted octanol–water partition coefficient (Wildman–Crippen LogP) is 2.55. The summed E-state index contributed by atoms with van der Waals surface area (Å²) in [7, 11) is -3.87. The first-order valence-corrected chi connectivity index (χ1v) is 8.31. The molecule has 8 heteroatoms. The highest BCUT2D eigenvalue weighted by atomic mass is 32.2. The number of halogens is 1. The van der Waals surface area contributed by atoms with Crippen LogP contribution in [0.3, 0.4) is 0 Å². The number of aryl methyl sites for hydroxylation is 1. The highest BCUT2D eigenvalue weighted by molar-refractivity contribution is 7.92. The summed E-state index contributed by atoms with van der Waals surface area (Å²) in [5.74, 6) is -0.999. The van der Waals surface area contributed by atoms with Crippen molar-refractivity contribution in [1.29, 1.82) is 0 Å². The Labute approximate surface area is 131 Å². The second kappa shape index (κ2) is 5.54. The molecule has 0 atom stereocenters. The molecular formula is C15H13FN2O4S. The van der Waals surface area contributed by atoms with Crippen molar-refractivity contribution in [2.75, 3.05) is 4.72 Å². The summed E-state index contributed by atoms with van der Waals surface area (Å²) in [6, 6.07) is 9.13. The standard InChI is InChI=1S/C15H13FN2O4S/c1-2-18-13-8-7-12(9-14(13)22-15(18)19)23(20,21)17-11-5-3-10(16)4-6-11/h3-9,17H,2H2,1H3. The number of nitrogens with zero attached hydrogens (tertiary/aromatic N) is 1. The SMILES string of the molecule is CCn1c(=O)oc2cc(S(=O)(=O)Nc3ccc(F)cc3)ccc21. The molecule has 0 saturated carbocycles. The second-order valence-electron chi connectivity index (χ2n) is 4.85. The zero-order valence-electron chi connectivity index (χ0n) is 12.1. The lowest BCUT2D eigenvalue weighted by Crippen LogP contribution is -2.13. The Hall–Kier alpha value is -2.61. The van der Waals surface area contributed by atoms with Gasteiger partial charge in [0.15, 0.2) is 5.58 Å². The molecule has 1 N–H and O–H groups in total. The number of benzene rings is 2. The second-order valence-corrected chi connectivity index (χ2v) is 6.54. The van der Waals surface area contributed by atoms with E-state index in [1.165, 1.54) is 34.9 Å². The first kappa shape index (κ1) is 15.3. The monoisotopic (exact) mass is 336 g/mol. The Morgan fingerprint density at radius 2 is 1.87 bits per heavy atom. The normalized spacial score (nSPS) is 11.7. The lowest BCUT2D eigenvalue weighted by Gasteiger charge is -2.08. The number of anilines is 1. The van der Waals surface area contributed by atoms with Crippen LogP contribution in [-0.4, -0.2) is 13.0 Å². The Morgan fingerprint density at radius 3 is 2.52 bits per heavy atom. The van der Waals surface area contributed by atoms with Crippen molar-refractivity contribution in [3.8, 4) is 0 Å². The van der Waals surface area contributed by atoms with Crippen LogP contribution >= 0.6 is 0 Å². The molecule has 0 fully saturated rings. The molecule has 0 aliphatic heterocycles. The summed E-state index contributed by atoms with van der Waals surface area (Å²) < 4.78 is 46.4. The van der Waals surface area contributed by atoms with Gasteiger partial charge in [0.05, 0.1) is 10.4 Å². The van der Waals surface area contributed by atoms with Crippen LogP contribution in [0.25, 0.3) is 11.1 Å². The minimum absolute atomic E-state index is 0.0497. The molecule has 1 aromatic heterocycles. The molecule has 2 aromatic carbocycles. The molecule has 0 saturated heterocycles. The van der Waals surface area contributed by atoms with Gasteiger partial charge in [0, 0.05) is 18.3 Å². The van der Waals surface area contributed by atoms with Gasteiger partial charge in [-0.15, -0.1) is 0 Å². The molecular weight excluding hydrogens is 323 g/mol. The Morgan fingerprint density at radius 1 is 1.17 bits per heavy atom. The minimum atomic E-state index is -3.87. The molecule has 23 heavy (non-hydrogen) atoms. The molecule has 0 aliphatic rings. The van der Waals surface area contributed by atoms with Crippen molar-refractivity contribution < 1.29 is 17.2 Å². The third-order valence-electron chi connectivity index (χ3n) is 3.36. The van der Waals surface area contributed by atoms with Gasteiger partial charge in [-0.3, -0.25) is 9.29 Å². The summed E-state index contributed by atoms with van der Waals surface area (Å²) in [6.07, 6.45) is 0. The molecule has 0 aliphatic carbocycles. The van der Waals surface area contributed by atoms with Gasteiger partial charge >= 0.3 is 5.76 Å². The van der Waals surface area contributed by atoms with Gasteiger partial charge in [-0.2, -0.15) is 0 Å². The van der Waals surface area contributed by atoms with E-state index in [2.05, 4.69) is 4.72 Å². The predicted molar refractivity (Wildman–Crippen MR) is 83.4 cm³/mol. The number of aromatic nitrogens is 1. The van der Waals surface area contributed by atoms with Crippen LogP contribution in [-0.2, 0) is 16.6 Å². The van der Waals surface area contributed by atoms with Crippen LogP contribution in [0.2, 0.25) is 0 Å². The van der Waals surface area contributed by atoms with Crippen LogP contribution in [0.15, 0.2) is 56.6 Å². The third kappa shape index (κ3) is 2.85. The zero-order chi connectivity index (χ0) is 16.6. The van der Waals surface area contributed by atoms with E-state index in [-0.39, 0.29) is 16.2 Å². The van der Waals surface area contributed by atoms with Gasteiger partial charge in [0.1, 0.15) is 5.82 Å². The van der Waals surface area contributed by atoms with Crippen LogP contribution in [0.4, 0.5) is 10.1 Å². The van der Waals surface area contributed by atoms with E-state index in [0.29, 0.717) is 12.1 Å². The summed E-state index contributed by atoms with van der Waals surface area (Å²) in [4.78, 5) is 11.6. The van der Waals surface area contributed by atoms with E-state index in [1.54, 1.807) is 6.92 Å². The van der Waals surface area contributed by atoms with Crippen LogP contribution < -0.4 is 10.5 Å². The van der Waals surface area contributed by atoms with Crippen molar-refractivity contribution in [3.63, 3.8) is 0 Å². The third-order valence-corrected chi connectivity index (χ3v) is 4.74. The number of hydrogen-bond acceptors (Lipinski definition) is 4. The van der Waals surface area contributed by atoms with Gasteiger partial charge < -0.3 is 4.42 Å². The molecule has 0 spiro atoms. The topological polar surface area (TPSA) is 81.3 Å². The summed E-state index contributed by atoms with van der Waals surface area (Å²) in [5, 5.41) is 0. The largest absolute Gasteiger partial charge is 0.419 e. The minimum Gasteiger partial charge on any atom is -0.408 e. The van der Waals surface area contributed by atoms with Gasteiger partial charge in [-0.1, -0.05) is 0 Å².